The Morgan fingerprint density at radius 2 is 1.31 bits per heavy atom. The van der Waals surface area contributed by atoms with Crippen molar-refractivity contribution in [3.63, 3.8) is 0 Å². The lowest BCUT2D eigenvalue weighted by molar-refractivity contribution is -0.380. The minimum absolute atomic E-state index is 0.295. The van der Waals surface area contributed by atoms with E-state index < -0.39 is 5.97 Å². The van der Waals surface area contributed by atoms with E-state index in [1.54, 1.807) is 28.4 Å². The molecule has 0 fully saturated rings. The van der Waals surface area contributed by atoms with Gasteiger partial charge in [0.05, 0.1) is 7.11 Å². The number of ether oxygens (including phenoxy) is 4. The van der Waals surface area contributed by atoms with Gasteiger partial charge in [-0.15, -0.1) is 0 Å². The van der Waals surface area contributed by atoms with E-state index in [1.807, 2.05) is 30.3 Å². The van der Waals surface area contributed by atoms with Gasteiger partial charge >= 0.3 is 0 Å². The van der Waals surface area contributed by atoms with E-state index in [4.69, 9.17) is 18.9 Å². The summed E-state index contributed by atoms with van der Waals surface area (Å²) in [5.41, 5.74) is 0. The van der Waals surface area contributed by atoms with Gasteiger partial charge in [-0.3, -0.25) is 0 Å². The van der Waals surface area contributed by atoms with Crippen LogP contribution >= 0.6 is 0 Å². The average Bonchev–Trinajstić information content (AvgIpc) is 2.71. The summed E-state index contributed by atoms with van der Waals surface area (Å²) in [4.78, 5) is 0. The third kappa shape index (κ3) is 9.56. The molecule has 0 aliphatic rings. The molecule has 0 heterocycles. The Bertz CT molecular complexity index is 396. The van der Waals surface area contributed by atoms with Crippen LogP contribution in [0.2, 0.25) is 0 Å². The third-order valence-corrected chi connectivity index (χ3v) is 4.73. The molecular weight excluding hydrogens is 328 g/mol. The summed E-state index contributed by atoms with van der Waals surface area (Å²) >= 11 is 0. The minimum Gasteiger partial charge on any atom is -0.497 e. The first-order valence-corrected chi connectivity index (χ1v) is 9.88. The third-order valence-electron chi connectivity index (χ3n) is 4.73. The van der Waals surface area contributed by atoms with Gasteiger partial charge < -0.3 is 18.9 Å². The standard InChI is InChI=1S/C15H32O3.C7H8O/c1-6-8-9-10-11-12-13-14(7-2)15(16-3,17-4)18-5;1-8-7-5-3-2-4-6-7/h14H,6-13H2,1-5H3;2-6H,1H3. The number of benzene rings is 1. The fourth-order valence-electron chi connectivity index (χ4n) is 3.11. The topological polar surface area (TPSA) is 36.9 Å². The van der Waals surface area contributed by atoms with Crippen molar-refractivity contribution in [3.8, 4) is 5.75 Å². The summed E-state index contributed by atoms with van der Waals surface area (Å²) in [5, 5.41) is 0. The van der Waals surface area contributed by atoms with Crippen molar-refractivity contribution < 1.29 is 18.9 Å². The molecule has 0 saturated carbocycles. The van der Waals surface area contributed by atoms with Crippen molar-refractivity contribution in [2.45, 2.75) is 71.2 Å². The van der Waals surface area contributed by atoms with Gasteiger partial charge in [0.25, 0.3) is 5.97 Å². The SMILES string of the molecule is CCCCCCCCC(CC)C(OC)(OC)OC.COc1ccccc1. The molecule has 152 valence electrons. The van der Waals surface area contributed by atoms with E-state index in [9.17, 15) is 0 Å². The molecule has 1 rings (SSSR count). The number of unbranched alkanes of at least 4 members (excludes halogenated alkanes) is 5. The second-order valence-corrected chi connectivity index (χ2v) is 6.39. The summed E-state index contributed by atoms with van der Waals surface area (Å²) < 4.78 is 21.2. The highest BCUT2D eigenvalue weighted by atomic mass is 16.9. The zero-order valence-electron chi connectivity index (χ0n) is 17.8. The Hall–Kier alpha value is -1.10. The molecule has 0 aliphatic carbocycles. The predicted molar refractivity (Wildman–Crippen MR) is 109 cm³/mol. The van der Waals surface area contributed by atoms with Crippen molar-refractivity contribution in [2.75, 3.05) is 28.4 Å². The normalized spacial score (nSPS) is 12.2. The van der Waals surface area contributed by atoms with Crippen molar-refractivity contribution in [3.05, 3.63) is 30.3 Å². The highest BCUT2D eigenvalue weighted by molar-refractivity contribution is 5.20. The fraction of sp³-hybridized carbons (Fsp3) is 0.727. The quantitative estimate of drug-likeness (QED) is 0.314. The molecule has 0 spiro atoms. The molecule has 0 saturated heterocycles. The molecule has 1 atom stereocenters. The summed E-state index contributed by atoms with van der Waals surface area (Å²) in [6.45, 7) is 4.41. The predicted octanol–water partition coefficient (Wildman–Crippen LogP) is 6.05. The van der Waals surface area contributed by atoms with Gasteiger partial charge in [-0.05, 0) is 25.0 Å². The van der Waals surface area contributed by atoms with Gasteiger partial charge in [-0.25, -0.2) is 0 Å². The van der Waals surface area contributed by atoms with Gasteiger partial charge in [0.15, 0.2) is 0 Å². The zero-order chi connectivity index (χ0) is 19.7. The maximum atomic E-state index is 5.44. The van der Waals surface area contributed by atoms with E-state index >= 15 is 0 Å². The molecule has 0 aromatic heterocycles. The fourth-order valence-corrected chi connectivity index (χ4v) is 3.11. The number of hydrogen-bond donors (Lipinski definition) is 0. The molecule has 4 nitrogen and oxygen atoms in total. The maximum absolute atomic E-state index is 5.44. The lowest BCUT2D eigenvalue weighted by Gasteiger charge is -2.36. The largest absolute Gasteiger partial charge is 0.497 e. The molecule has 0 radical (unpaired) electrons. The molecule has 0 amide bonds. The molecule has 1 aromatic rings. The maximum Gasteiger partial charge on any atom is 0.285 e. The highest BCUT2D eigenvalue weighted by Crippen LogP contribution is 2.31. The number of para-hydroxylation sites is 1. The molecule has 4 heteroatoms. The Morgan fingerprint density at radius 1 is 0.769 bits per heavy atom. The Balaban J connectivity index is 0.000000642. The summed E-state index contributed by atoms with van der Waals surface area (Å²) in [7, 11) is 6.61. The molecule has 1 aromatic carbocycles. The second kappa shape index (κ2) is 16.1. The van der Waals surface area contributed by atoms with E-state index in [0.717, 1.165) is 18.6 Å². The lowest BCUT2D eigenvalue weighted by Crippen LogP contribution is -2.43. The molecule has 1 unspecified atom stereocenters. The first kappa shape index (κ1) is 24.9. The van der Waals surface area contributed by atoms with E-state index in [0.29, 0.717) is 5.92 Å². The van der Waals surface area contributed by atoms with Crippen LogP contribution in [0.15, 0.2) is 30.3 Å². The smallest absolute Gasteiger partial charge is 0.285 e. The van der Waals surface area contributed by atoms with Gasteiger partial charge in [-0.2, -0.15) is 0 Å². The second-order valence-electron chi connectivity index (χ2n) is 6.39. The molecule has 0 N–H and O–H groups in total. The Kier molecular flexibility index (Phi) is 15.4. The van der Waals surface area contributed by atoms with Crippen LogP contribution in [0.3, 0.4) is 0 Å². The van der Waals surface area contributed by atoms with Crippen LogP contribution in [0.4, 0.5) is 0 Å². The summed E-state index contributed by atoms with van der Waals surface area (Å²) in [6, 6.07) is 9.68. The minimum atomic E-state index is -0.863. The summed E-state index contributed by atoms with van der Waals surface area (Å²) in [5.74, 6) is 0.342. The first-order valence-electron chi connectivity index (χ1n) is 9.88. The Morgan fingerprint density at radius 3 is 1.73 bits per heavy atom. The van der Waals surface area contributed by atoms with Crippen molar-refractivity contribution in [1.82, 2.24) is 0 Å². The first-order chi connectivity index (χ1) is 12.6. The van der Waals surface area contributed by atoms with E-state index in [2.05, 4.69) is 13.8 Å². The molecule has 0 aliphatic heterocycles. The molecular formula is C22H40O4. The van der Waals surface area contributed by atoms with Crippen LogP contribution in [0.1, 0.15) is 65.2 Å². The van der Waals surface area contributed by atoms with Gasteiger partial charge in [0, 0.05) is 27.2 Å². The van der Waals surface area contributed by atoms with Crippen LogP contribution in [0.25, 0.3) is 0 Å². The van der Waals surface area contributed by atoms with E-state index in [1.165, 1.54) is 38.5 Å². The zero-order valence-corrected chi connectivity index (χ0v) is 17.8. The van der Waals surface area contributed by atoms with Crippen LogP contribution in [0.5, 0.6) is 5.75 Å². The average molecular weight is 369 g/mol. The van der Waals surface area contributed by atoms with Crippen LogP contribution in [-0.4, -0.2) is 34.4 Å². The summed E-state index contributed by atoms with van der Waals surface area (Å²) in [6.07, 6.45) is 9.97. The lowest BCUT2D eigenvalue weighted by atomic mass is 9.95. The van der Waals surface area contributed by atoms with Gasteiger partial charge in [0.1, 0.15) is 5.75 Å². The van der Waals surface area contributed by atoms with Gasteiger partial charge in [-0.1, -0.05) is 70.6 Å². The molecule has 26 heavy (non-hydrogen) atoms. The van der Waals surface area contributed by atoms with Gasteiger partial charge in [0.2, 0.25) is 0 Å². The highest BCUT2D eigenvalue weighted by Gasteiger charge is 2.38. The monoisotopic (exact) mass is 368 g/mol. The van der Waals surface area contributed by atoms with Crippen LogP contribution in [-0.2, 0) is 14.2 Å². The number of rotatable bonds is 13. The van der Waals surface area contributed by atoms with Crippen LogP contribution < -0.4 is 4.74 Å². The number of hydrogen-bond acceptors (Lipinski definition) is 4. The number of methoxy groups -OCH3 is 4. The van der Waals surface area contributed by atoms with Crippen molar-refractivity contribution in [2.24, 2.45) is 5.92 Å². The van der Waals surface area contributed by atoms with Crippen LogP contribution in [0, 0.1) is 5.92 Å². The van der Waals surface area contributed by atoms with Crippen molar-refractivity contribution >= 4 is 0 Å². The molecule has 0 bridgehead atoms. The van der Waals surface area contributed by atoms with Crippen molar-refractivity contribution in [1.29, 1.82) is 0 Å². The van der Waals surface area contributed by atoms with E-state index in [-0.39, 0.29) is 0 Å². The Labute approximate surface area is 161 Å².